The molecule has 0 radical (unpaired) electrons. The molecular weight excluding hydrogens is 352 g/mol. The maximum Gasteiger partial charge on any atom is 0.433 e. The summed E-state index contributed by atoms with van der Waals surface area (Å²) in [5.74, 6) is -0.638. The molecule has 0 bridgehead atoms. The van der Waals surface area contributed by atoms with Gasteiger partial charge in [0, 0.05) is 22.7 Å². The number of carbonyl (C=O) groups is 1. The van der Waals surface area contributed by atoms with E-state index in [4.69, 9.17) is 23.2 Å². The van der Waals surface area contributed by atoms with Gasteiger partial charge in [-0.15, -0.1) is 0 Å². The third-order valence-corrected chi connectivity index (χ3v) is 3.96. The van der Waals surface area contributed by atoms with Gasteiger partial charge in [0.2, 0.25) is 5.78 Å². The number of H-pyrrole nitrogens is 1. The maximum atomic E-state index is 12.7. The SMILES string of the molecule is O=C(c1cccc(C(F)(F)F)n1)c1c[nH]c2cc(Cl)c(Cl)cc12. The highest BCUT2D eigenvalue weighted by Crippen LogP contribution is 2.31. The second-order valence-corrected chi connectivity index (χ2v) is 5.56. The molecule has 0 saturated heterocycles. The average molecular weight is 359 g/mol. The summed E-state index contributed by atoms with van der Waals surface area (Å²) in [5.41, 5.74) is -0.698. The van der Waals surface area contributed by atoms with Crippen molar-refractivity contribution in [2.24, 2.45) is 0 Å². The molecule has 2 heterocycles. The van der Waals surface area contributed by atoms with Gasteiger partial charge < -0.3 is 4.98 Å². The summed E-state index contributed by atoms with van der Waals surface area (Å²) in [6.45, 7) is 0. The molecule has 0 unspecified atom stereocenters. The van der Waals surface area contributed by atoms with Crippen LogP contribution in [-0.4, -0.2) is 15.8 Å². The van der Waals surface area contributed by atoms with Crippen LogP contribution in [-0.2, 0) is 6.18 Å². The third-order valence-electron chi connectivity index (χ3n) is 3.24. The van der Waals surface area contributed by atoms with Crippen molar-refractivity contribution in [1.82, 2.24) is 9.97 Å². The summed E-state index contributed by atoms with van der Waals surface area (Å²) in [7, 11) is 0. The Balaban J connectivity index is 2.09. The van der Waals surface area contributed by atoms with Gasteiger partial charge in [0.05, 0.1) is 10.0 Å². The van der Waals surface area contributed by atoms with Gasteiger partial charge in [-0.3, -0.25) is 4.79 Å². The molecule has 0 amide bonds. The van der Waals surface area contributed by atoms with Crippen LogP contribution in [0.4, 0.5) is 13.2 Å². The summed E-state index contributed by atoms with van der Waals surface area (Å²) in [6.07, 6.45) is -3.23. The molecule has 2 aromatic heterocycles. The lowest BCUT2D eigenvalue weighted by Crippen LogP contribution is -2.12. The summed E-state index contributed by atoms with van der Waals surface area (Å²) < 4.78 is 38.1. The number of fused-ring (bicyclic) bond motifs is 1. The fourth-order valence-corrected chi connectivity index (χ4v) is 2.49. The van der Waals surface area contributed by atoms with E-state index in [1.54, 1.807) is 0 Å². The van der Waals surface area contributed by atoms with Crippen LogP contribution in [0.25, 0.3) is 10.9 Å². The predicted molar refractivity (Wildman–Crippen MR) is 81.0 cm³/mol. The molecule has 0 saturated carbocycles. The Hall–Kier alpha value is -2.05. The van der Waals surface area contributed by atoms with Crippen LogP contribution in [0, 0.1) is 0 Å². The number of aromatic amines is 1. The standard InChI is InChI=1S/C15H7Cl2F3N2O/c16-9-4-7-8(6-21-12(7)5-10(9)17)14(23)11-2-1-3-13(22-11)15(18,19)20/h1-6,21H. The summed E-state index contributed by atoms with van der Waals surface area (Å²) in [4.78, 5) is 18.7. The Morgan fingerprint density at radius 1 is 1.13 bits per heavy atom. The molecular formula is C15H7Cl2F3N2O. The Kier molecular flexibility index (Phi) is 3.82. The van der Waals surface area contributed by atoms with Crippen molar-refractivity contribution in [3.05, 3.63) is 63.5 Å². The van der Waals surface area contributed by atoms with E-state index < -0.39 is 17.7 Å². The van der Waals surface area contributed by atoms with Crippen LogP contribution in [0.3, 0.4) is 0 Å². The molecule has 3 rings (SSSR count). The number of aromatic nitrogens is 2. The van der Waals surface area contributed by atoms with Crippen LogP contribution < -0.4 is 0 Å². The number of alkyl halides is 3. The first-order valence-electron chi connectivity index (χ1n) is 6.32. The van der Waals surface area contributed by atoms with Crippen molar-refractivity contribution in [2.45, 2.75) is 6.18 Å². The van der Waals surface area contributed by atoms with Crippen LogP contribution in [0.5, 0.6) is 0 Å². The molecule has 0 fully saturated rings. The monoisotopic (exact) mass is 358 g/mol. The number of hydrogen-bond acceptors (Lipinski definition) is 2. The van der Waals surface area contributed by atoms with E-state index >= 15 is 0 Å². The molecule has 118 valence electrons. The lowest BCUT2D eigenvalue weighted by molar-refractivity contribution is -0.141. The minimum absolute atomic E-state index is 0.172. The van der Waals surface area contributed by atoms with E-state index in [0.29, 0.717) is 15.9 Å². The summed E-state index contributed by atoms with van der Waals surface area (Å²) in [6, 6.07) is 6.20. The fourth-order valence-electron chi connectivity index (χ4n) is 2.16. The van der Waals surface area contributed by atoms with Crippen molar-refractivity contribution in [3.63, 3.8) is 0 Å². The second-order valence-electron chi connectivity index (χ2n) is 4.75. The lowest BCUT2D eigenvalue weighted by Gasteiger charge is -2.07. The van der Waals surface area contributed by atoms with Crippen LogP contribution >= 0.6 is 23.2 Å². The van der Waals surface area contributed by atoms with Crippen molar-refractivity contribution in [3.8, 4) is 0 Å². The van der Waals surface area contributed by atoms with Gasteiger partial charge in [0.1, 0.15) is 11.4 Å². The number of benzene rings is 1. The molecule has 0 aliphatic rings. The highest BCUT2D eigenvalue weighted by atomic mass is 35.5. The zero-order valence-corrected chi connectivity index (χ0v) is 12.7. The number of pyridine rings is 1. The van der Waals surface area contributed by atoms with Gasteiger partial charge in [0.25, 0.3) is 0 Å². The maximum absolute atomic E-state index is 12.7. The minimum Gasteiger partial charge on any atom is -0.360 e. The van der Waals surface area contributed by atoms with E-state index in [9.17, 15) is 18.0 Å². The van der Waals surface area contributed by atoms with Crippen molar-refractivity contribution < 1.29 is 18.0 Å². The number of rotatable bonds is 2. The molecule has 3 nitrogen and oxygen atoms in total. The molecule has 0 aliphatic heterocycles. The van der Waals surface area contributed by atoms with Gasteiger partial charge >= 0.3 is 6.18 Å². The molecule has 23 heavy (non-hydrogen) atoms. The normalized spacial score (nSPS) is 11.9. The van der Waals surface area contributed by atoms with E-state index in [2.05, 4.69) is 9.97 Å². The van der Waals surface area contributed by atoms with Crippen LogP contribution in [0.2, 0.25) is 10.0 Å². The Bertz CT molecular complexity index is 919. The quantitative estimate of drug-likeness (QED) is 0.646. The summed E-state index contributed by atoms with van der Waals surface area (Å²) >= 11 is 11.8. The highest BCUT2D eigenvalue weighted by Gasteiger charge is 2.33. The van der Waals surface area contributed by atoms with Crippen molar-refractivity contribution in [1.29, 1.82) is 0 Å². The molecule has 0 spiro atoms. The largest absolute Gasteiger partial charge is 0.433 e. The van der Waals surface area contributed by atoms with E-state index in [1.165, 1.54) is 24.4 Å². The first kappa shape index (κ1) is 15.8. The van der Waals surface area contributed by atoms with Gasteiger partial charge in [-0.05, 0) is 24.3 Å². The molecule has 3 aromatic rings. The van der Waals surface area contributed by atoms with Crippen molar-refractivity contribution >= 4 is 39.9 Å². The number of hydrogen-bond donors (Lipinski definition) is 1. The van der Waals surface area contributed by atoms with Crippen molar-refractivity contribution in [2.75, 3.05) is 0 Å². The number of nitrogens with one attached hydrogen (secondary N) is 1. The Labute approximate surface area is 138 Å². The molecule has 1 N–H and O–H groups in total. The van der Waals surface area contributed by atoms with E-state index in [-0.39, 0.29) is 16.3 Å². The summed E-state index contributed by atoms with van der Waals surface area (Å²) in [5, 5.41) is 1.01. The fraction of sp³-hybridized carbons (Fsp3) is 0.0667. The molecule has 8 heteroatoms. The van der Waals surface area contributed by atoms with Gasteiger partial charge in [0.15, 0.2) is 0 Å². The number of halogens is 5. The zero-order chi connectivity index (χ0) is 16.8. The second kappa shape index (κ2) is 5.54. The molecule has 0 aliphatic carbocycles. The highest BCUT2D eigenvalue weighted by molar-refractivity contribution is 6.43. The van der Waals surface area contributed by atoms with Crippen LogP contribution in [0.1, 0.15) is 21.7 Å². The number of nitrogens with zero attached hydrogens (tertiary/aromatic N) is 1. The Morgan fingerprint density at radius 2 is 1.83 bits per heavy atom. The topological polar surface area (TPSA) is 45.8 Å². The Morgan fingerprint density at radius 3 is 2.52 bits per heavy atom. The van der Waals surface area contributed by atoms with Gasteiger partial charge in [-0.2, -0.15) is 13.2 Å². The van der Waals surface area contributed by atoms with Gasteiger partial charge in [-0.25, -0.2) is 4.98 Å². The van der Waals surface area contributed by atoms with E-state index in [1.807, 2.05) is 0 Å². The first-order valence-corrected chi connectivity index (χ1v) is 7.08. The predicted octanol–water partition coefficient (Wildman–Crippen LogP) is 5.12. The third kappa shape index (κ3) is 2.92. The zero-order valence-electron chi connectivity index (χ0n) is 11.2. The minimum atomic E-state index is -4.62. The first-order chi connectivity index (χ1) is 10.8. The lowest BCUT2D eigenvalue weighted by atomic mass is 10.1. The average Bonchev–Trinajstić information content (AvgIpc) is 2.89. The van der Waals surface area contributed by atoms with Gasteiger partial charge in [-0.1, -0.05) is 29.3 Å². The van der Waals surface area contributed by atoms with Crippen LogP contribution in [0.15, 0.2) is 36.5 Å². The smallest absolute Gasteiger partial charge is 0.360 e. The van der Waals surface area contributed by atoms with E-state index in [0.717, 1.165) is 12.1 Å². The molecule has 1 aromatic carbocycles. The molecule has 0 atom stereocenters. The number of ketones is 1. The number of carbonyl (C=O) groups excluding carboxylic acids is 1.